The van der Waals surface area contributed by atoms with Gasteiger partial charge in [-0.1, -0.05) is 11.6 Å². The summed E-state index contributed by atoms with van der Waals surface area (Å²) in [7, 11) is 0. The van der Waals surface area contributed by atoms with Gasteiger partial charge in [0.1, 0.15) is 11.0 Å². The Morgan fingerprint density at radius 2 is 2.37 bits per heavy atom. The predicted molar refractivity (Wildman–Crippen MR) is 75.9 cm³/mol. The fourth-order valence-corrected chi connectivity index (χ4v) is 2.80. The molecule has 2 N–H and O–H groups in total. The molecule has 19 heavy (non-hydrogen) atoms. The van der Waals surface area contributed by atoms with Gasteiger partial charge in [0.2, 0.25) is 0 Å². The van der Waals surface area contributed by atoms with Crippen molar-refractivity contribution < 1.29 is 4.79 Å². The van der Waals surface area contributed by atoms with Crippen molar-refractivity contribution in [2.45, 2.75) is 0 Å². The lowest BCUT2D eigenvalue weighted by atomic mass is 10.2. The van der Waals surface area contributed by atoms with E-state index in [1.165, 1.54) is 0 Å². The van der Waals surface area contributed by atoms with Crippen LogP contribution in [0.5, 0.6) is 0 Å². The molecular formula is C11H12ClN5OS. The zero-order chi connectivity index (χ0) is 13.2. The Morgan fingerprint density at radius 1 is 1.47 bits per heavy atom. The van der Waals surface area contributed by atoms with E-state index in [4.69, 9.17) is 11.6 Å². The standard InChI is InChI=1S/C11H12ClN5OS/c12-7-1-2-8-10(16-19-15-8)9(7)13-3-5-17-6-4-14-11(17)18/h1-2,13H,3-6H2,(H,14,18). The van der Waals surface area contributed by atoms with Crippen molar-refractivity contribution in [3.05, 3.63) is 17.2 Å². The number of carbonyl (C=O) groups excluding carboxylic acids is 1. The van der Waals surface area contributed by atoms with E-state index in [9.17, 15) is 4.79 Å². The molecule has 0 radical (unpaired) electrons. The van der Waals surface area contributed by atoms with E-state index in [0.717, 1.165) is 35.0 Å². The van der Waals surface area contributed by atoms with Crippen LogP contribution in [0.15, 0.2) is 12.1 Å². The summed E-state index contributed by atoms with van der Waals surface area (Å²) in [4.78, 5) is 13.2. The third-order valence-electron chi connectivity index (χ3n) is 3.01. The van der Waals surface area contributed by atoms with Gasteiger partial charge in [-0.15, -0.1) is 0 Å². The summed E-state index contributed by atoms with van der Waals surface area (Å²) in [5.74, 6) is 0. The lowest BCUT2D eigenvalue weighted by Crippen LogP contribution is -2.32. The Kier molecular flexibility index (Phi) is 3.39. The van der Waals surface area contributed by atoms with Crippen LogP contribution in [0, 0.1) is 0 Å². The predicted octanol–water partition coefficient (Wildman–Crippen LogP) is 1.78. The molecule has 1 saturated heterocycles. The summed E-state index contributed by atoms with van der Waals surface area (Å²) in [5.41, 5.74) is 2.40. The Morgan fingerprint density at radius 3 is 3.16 bits per heavy atom. The molecule has 1 aromatic carbocycles. The molecule has 0 saturated carbocycles. The van der Waals surface area contributed by atoms with Crippen LogP contribution in [0.1, 0.15) is 0 Å². The van der Waals surface area contributed by atoms with E-state index in [1.54, 1.807) is 11.0 Å². The Balaban J connectivity index is 1.69. The number of urea groups is 1. The zero-order valence-electron chi connectivity index (χ0n) is 10.0. The first kappa shape index (κ1) is 12.4. The first-order chi connectivity index (χ1) is 9.25. The van der Waals surface area contributed by atoms with Gasteiger partial charge in [0.05, 0.1) is 22.4 Å². The Bertz CT molecular complexity index is 616. The average molecular weight is 298 g/mol. The number of rotatable bonds is 4. The van der Waals surface area contributed by atoms with Crippen LogP contribution in [-0.2, 0) is 0 Å². The van der Waals surface area contributed by atoms with Crippen LogP contribution in [0.25, 0.3) is 11.0 Å². The molecule has 2 amide bonds. The molecule has 0 spiro atoms. The van der Waals surface area contributed by atoms with Crippen molar-refractivity contribution in [1.82, 2.24) is 19.0 Å². The number of hydrogen-bond acceptors (Lipinski definition) is 5. The number of aromatic nitrogens is 2. The number of hydrogen-bond donors (Lipinski definition) is 2. The molecule has 100 valence electrons. The molecule has 0 bridgehead atoms. The number of halogens is 1. The largest absolute Gasteiger partial charge is 0.380 e. The topological polar surface area (TPSA) is 70.2 Å². The van der Waals surface area contributed by atoms with Gasteiger partial charge < -0.3 is 15.5 Å². The van der Waals surface area contributed by atoms with Gasteiger partial charge in [0, 0.05) is 26.2 Å². The van der Waals surface area contributed by atoms with Gasteiger partial charge in [-0.3, -0.25) is 0 Å². The third kappa shape index (κ3) is 2.43. The zero-order valence-corrected chi connectivity index (χ0v) is 11.6. The van der Waals surface area contributed by atoms with Crippen LogP contribution in [0.2, 0.25) is 5.02 Å². The van der Waals surface area contributed by atoms with Crippen LogP contribution in [0.4, 0.5) is 10.5 Å². The number of nitrogens with one attached hydrogen (secondary N) is 2. The molecule has 1 fully saturated rings. The quantitative estimate of drug-likeness (QED) is 0.902. The number of nitrogens with zero attached hydrogens (tertiary/aromatic N) is 3. The van der Waals surface area contributed by atoms with Crippen LogP contribution < -0.4 is 10.6 Å². The summed E-state index contributed by atoms with van der Waals surface area (Å²) >= 11 is 7.33. The second kappa shape index (κ2) is 5.18. The van der Waals surface area contributed by atoms with Crippen molar-refractivity contribution in [3.63, 3.8) is 0 Å². The van der Waals surface area contributed by atoms with Crippen molar-refractivity contribution in [2.75, 3.05) is 31.5 Å². The van der Waals surface area contributed by atoms with Crippen LogP contribution in [-0.4, -0.2) is 45.9 Å². The number of fused-ring (bicyclic) bond motifs is 1. The highest BCUT2D eigenvalue weighted by atomic mass is 35.5. The summed E-state index contributed by atoms with van der Waals surface area (Å²) in [5, 5.41) is 6.62. The molecule has 2 heterocycles. The SMILES string of the molecule is O=C1NCCN1CCNc1c(Cl)ccc2nsnc12. The normalized spacial score (nSPS) is 15.0. The van der Waals surface area contributed by atoms with E-state index in [1.807, 2.05) is 6.07 Å². The number of amides is 2. The van der Waals surface area contributed by atoms with Crippen molar-refractivity contribution >= 4 is 46.1 Å². The van der Waals surface area contributed by atoms with Crippen molar-refractivity contribution in [2.24, 2.45) is 0 Å². The number of carbonyl (C=O) groups is 1. The van der Waals surface area contributed by atoms with E-state index in [0.29, 0.717) is 24.7 Å². The molecule has 0 atom stereocenters. The Hall–Kier alpha value is -1.60. The Labute approximate surface area is 119 Å². The van der Waals surface area contributed by atoms with Crippen LogP contribution >= 0.6 is 23.3 Å². The lowest BCUT2D eigenvalue weighted by Gasteiger charge is -2.15. The monoisotopic (exact) mass is 297 g/mol. The lowest BCUT2D eigenvalue weighted by molar-refractivity contribution is 0.219. The molecule has 6 nitrogen and oxygen atoms in total. The average Bonchev–Trinajstić information content (AvgIpc) is 3.01. The molecule has 3 rings (SSSR count). The van der Waals surface area contributed by atoms with E-state index in [2.05, 4.69) is 19.4 Å². The van der Waals surface area contributed by atoms with Crippen molar-refractivity contribution in [3.8, 4) is 0 Å². The van der Waals surface area contributed by atoms with E-state index in [-0.39, 0.29) is 6.03 Å². The fourth-order valence-electron chi connectivity index (χ4n) is 2.04. The summed E-state index contributed by atoms with van der Waals surface area (Å²) in [6.07, 6.45) is 0. The highest BCUT2D eigenvalue weighted by Gasteiger charge is 2.18. The second-order valence-electron chi connectivity index (χ2n) is 4.20. The molecule has 1 aromatic heterocycles. The fraction of sp³-hybridized carbons (Fsp3) is 0.364. The van der Waals surface area contributed by atoms with Crippen LogP contribution in [0.3, 0.4) is 0 Å². The molecule has 0 aliphatic carbocycles. The maximum absolute atomic E-state index is 11.4. The van der Waals surface area contributed by atoms with Crippen molar-refractivity contribution in [1.29, 1.82) is 0 Å². The highest BCUT2D eigenvalue weighted by Crippen LogP contribution is 2.29. The minimum Gasteiger partial charge on any atom is -0.380 e. The molecular weight excluding hydrogens is 286 g/mol. The first-order valence-electron chi connectivity index (χ1n) is 5.93. The highest BCUT2D eigenvalue weighted by molar-refractivity contribution is 7.00. The molecule has 1 aliphatic rings. The maximum atomic E-state index is 11.4. The smallest absolute Gasteiger partial charge is 0.317 e. The van der Waals surface area contributed by atoms with Gasteiger partial charge in [-0.2, -0.15) is 8.75 Å². The molecule has 2 aromatic rings. The molecule has 1 aliphatic heterocycles. The summed E-state index contributed by atoms with van der Waals surface area (Å²) < 4.78 is 8.41. The summed E-state index contributed by atoms with van der Waals surface area (Å²) in [6.45, 7) is 2.72. The summed E-state index contributed by atoms with van der Waals surface area (Å²) in [6, 6.07) is 3.64. The number of anilines is 1. The first-order valence-corrected chi connectivity index (χ1v) is 7.04. The van der Waals surface area contributed by atoms with Gasteiger partial charge in [0.15, 0.2) is 0 Å². The van der Waals surface area contributed by atoms with Gasteiger partial charge in [-0.25, -0.2) is 4.79 Å². The molecule has 8 heteroatoms. The van der Waals surface area contributed by atoms with Gasteiger partial charge >= 0.3 is 6.03 Å². The number of benzene rings is 1. The van der Waals surface area contributed by atoms with Gasteiger partial charge in [-0.05, 0) is 12.1 Å². The molecule has 0 unspecified atom stereocenters. The second-order valence-corrected chi connectivity index (χ2v) is 5.14. The minimum atomic E-state index is -0.0126. The van der Waals surface area contributed by atoms with E-state index < -0.39 is 0 Å². The minimum absolute atomic E-state index is 0.0126. The van der Waals surface area contributed by atoms with Gasteiger partial charge in [0.25, 0.3) is 0 Å². The maximum Gasteiger partial charge on any atom is 0.317 e. The third-order valence-corrected chi connectivity index (χ3v) is 3.86. The van der Waals surface area contributed by atoms with E-state index >= 15 is 0 Å².